The average molecular weight is 127 g/mol. The van der Waals surface area contributed by atoms with Crippen molar-refractivity contribution in [1.29, 1.82) is 0 Å². The van der Waals surface area contributed by atoms with Gasteiger partial charge in [-0.1, -0.05) is 0 Å². The molecule has 0 aromatic heterocycles. The quantitative estimate of drug-likeness (QED) is 0.469. The highest BCUT2D eigenvalue weighted by Crippen LogP contribution is 2.32. The summed E-state index contributed by atoms with van der Waals surface area (Å²) in [7, 11) is 0. The first-order valence-corrected chi connectivity index (χ1v) is 3.64. The Morgan fingerprint density at radius 2 is 2.33 bits per heavy atom. The van der Waals surface area contributed by atoms with E-state index >= 15 is 0 Å². The van der Waals surface area contributed by atoms with Crippen molar-refractivity contribution in [1.82, 2.24) is 4.90 Å². The molecule has 2 heterocycles. The van der Waals surface area contributed by atoms with E-state index in [1.165, 1.54) is 13.0 Å². The summed E-state index contributed by atoms with van der Waals surface area (Å²) in [6.45, 7) is 6.62. The van der Waals surface area contributed by atoms with Gasteiger partial charge in [-0.15, -0.1) is 0 Å². The number of hydrogen-bond acceptors (Lipinski definition) is 2. The summed E-state index contributed by atoms with van der Waals surface area (Å²) in [6.07, 6.45) is 1.33. The molecule has 52 valence electrons. The Balaban J connectivity index is 2.05. The maximum atomic E-state index is 5.36. The zero-order valence-corrected chi connectivity index (χ0v) is 5.89. The molecule has 0 aromatic carbocycles. The van der Waals surface area contributed by atoms with Crippen molar-refractivity contribution in [3.63, 3.8) is 0 Å². The first-order valence-electron chi connectivity index (χ1n) is 3.64. The van der Waals surface area contributed by atoms with Gasteiger partial charge in [0.2, 0.25) is 0 Å². The minimum absolute atomic E-state index is 0.429. The lowest BCUT2D eigenvalue weighted by Gasteiger charge is -2.53. The van der Waals surface area contributed by atoms with Gasteiger partial charge in [0.25, 0.3) is 0 Å². The molecule has 0 saturated carbocycles. The molecule has 1 unspecified atom stereocenters. The van der Waals surface area contributed by atoms with E-state index in [-0.39, 0.29) is 0 Å². The summed E-state index contributed by atoms with van der Waals surface area (Å²) in [5.41, 5.74) is 0.429. The highest BCUT2D eigenvalue weighted by Gasteiger charge is 2.42. The lowest BCUT2D eigenvalue weighted by Crippen LogP contribution is -2.64. The van der Waals surface area contributed by atoms with Crippen LogP contribution in [0.3, 0.4) is 0 Å². The third-order valence-electron chi connectivity index (χ3n) is 2.60. The van der Waals surface area contributed by atoms with Gasteiger partial charge in [0.1, 0.15) is 0 Å². The van der Waals surface area contributed by atoms with E-state index < -0.39 is 0 Å². The van der Waals surface area contributed by atoms with Crippen LogP contribution in [-0.2, 0) is 4.74 Å². The van der Waals surface area contributed by atoms with E-state index in [0.717, 1.165) is 19.8 Å². The number of morpholine rings is 1. The predicted octanol–water partition coefficient (Wildman–Crippen LogP) is 0.481. The fourth-order valence-corrected chi connectivity index (χ4v) is 1.66. The van der Waals surface area contributed by atoms with Crippen LogP contribution in [0.1, 0.15) is 13.3 Å². The van der Waals surface area contributed by atoms with Gasteiger partial charge in [-0.25, -0.2) is 0 Å². The summed E-state index contributed by atoms with van der Waals surface area (Å²) >= 11 is 0. The molecular formula is C7H13NO. The van der Waals surface area contributed by atoms with E-state index in [9.17, 15) is 0 Å². The summed E-state index contributed by atoms with van der Waals surface area (Å²) in [5, 5.41) is 0. The standard InChI is InChI=1S/C7H13NO/c1-7-2-3-8(7)4-5-9-6-7/h2-6H2,1H3. The normalized spacial score (nSPS) is 43.7. The molecular weight excluding hydrogens is 114 g/mol. The lowest BCUT2D eigenvalue weighted by molar-refractivity contribution is -0.117. The van der Waals surface area contributed by atoms with Crippen LogP contribution in [0.5, 0.6) is 0 Å². The molecule has 2 rings (SSSR count). The molecule has 9 heavy (non-hydrogen) atoms. The summed E-state index contributed by atoms with van der Waals surface area (Å²) in [4.78, 5) is 2.51. The van der Waals surface area contributed by atoms with Crippen LogP contribution < -0.4 is 0 Å². The maximum absolute atomic E-state index is 5.36. The largest absolute Gasteiger partial charge is 0.378 e. The third kappa shape index (κ3) is 0.700. The number of rotatable bonds is 0. The van der Waals surface area contributed by atoms with Crippen LogP contribution in [-0.4, -0.2) is 36.7 Å². The highest BCUT2D eigenvalue weighted by molar-refractivity contribution is 4.97. The number of ether oxygens (including phenoxy) is 1. The lowest BCUT2D eigenvalue weighted by atomic mass is 9.87. The smallest absolute Gasteiger partial charge is 0.0648 e. The van der Waals surface area contributed by atoms with Gasteiger partial charge in [0.15, 0.2) is 0 Å². The van der Waals surface area contributed by atoms with Crippen LogP contribution in [0.15, 0.2) is 0 Å². The van der Waals surface area contributed by atoms with Gasteiger partial charge in [-0.2, -0.15) is 0 Å². The topological polar surface area (TPSA) is 12.5 Å². The minimum atomic E-state index is 0.429. The van der Waals surface area contributed by atoms with Crippen LogP contribution in [0.4, 0.5) is 0 Å². The van der Waals surface area contributed by atoms with Gasteiger partial charge < -0.3 is 4.74 Å². The second-order valence-electron chi connectivity index (χ2n) is 3.29. The van der Waals surface area contributed by atoms with Crippen molar-refractivity contribution >= 4 is 0 Å². The molecule has 0 bridgehead atoms. The second kappa shape index (κ2) is 1.70. The molecule has 0 aliphatic carbocycles. The third-order valence-corrected chi connectivity index (χ3v) is 2.60. The molecule has 2 heteroatoms. The predicted molar refractivity (Wildman–Crippen MR) is 35.4 cm³/mol. The Bertz CT molecular complexity index is 126. The van der Waals surface area contributed by atoms with Crippen molar-refractivity contribution in [2.24, 2.45) is 0 Å². The first kappa shape index (κ1) is 5.69. The SMILES string of the molecule is CC12CCN1CCOC2. The Morgan fingerprint density at radius 3 is 2.67 bits per heavy atom. The molecule has 0 aromatic rings. The zero-order chi connectivity index (χ0) is 6.32. The molecule has 0 spiro atoms. The molecule has 0 amide bonds. The van der Waals surface area contributed by atoms with Gasteiger partial charge in [-0.05, 0) is 13.3 Å². The molecule has 2 fully saturated rings. The molecule has 2 aliphatic rings. The van der Waals surface area contributed by atoms with Crippen molar-refractivity contribution in [2.45, 2.75) is 18.9 Å². The first-order chi connectivity index (χ1) is 4.31. The fraction of sp³-hybridized carbons (Fsp3) is 1.00. The van der Waals surface area contributed by atoms with E-state index in [1.807, 2.05) is 0 Å². The summed E-state index contributed by atoms with van der Waals surface area (Å²) < 4.78 is 5.36. The van der Waals surface area contributed by atoms with Crippen molar-refractivity contribution in [2.75, 3.05) is 26.3 Å². The molecule has 2 aliphatic heterocycles. The van der Waals surface area contributed by atoms with Crippen molar-refractivity contribution in [3.8, 4) is 0 Å². The number of nitrogens with zero attached hydrogens (tertiary/aromatic N) is 1. The van der Waals surface area contributed by atoms with Crippen LogP contribution >= 0.6 is 0 Å². The number of fused-ring (bicyclic) bond motifs is 1. The molecule has 0 radical (unpaired) electrons. The van der Waals surface area contributed by atoms with Crippen LogP contribution in [0.2, 0.25) is 0 Å². The zero-order valence-electron chi connectivity index (χ0n) is 5.89. The maximum Gasteiger partial charge on any atom is 0.0648 e. The van der Waals surface area contributed by atoms with E-state index in [1.54, 1.807) is 0 Å². The minimum Gasteiger partial charge on any atom is -0.378 e. The van der Waals surface area contributed by atoms with Gasteiger partial charge in [-0.3, -0.25) is 4.90 Å². The van der Waals surface area contributed by atoms with Crippen molar-refractivity contribution < 1.29 is 4.74 Å². The Labute approximate surface area is 55.8 Å². The second-order valence-corrected chi connectivity index (χ2v) is 3.29. The Morgan fingerprint density at radius 1 is 1.44 bits per heavy atom. The average Bonchev–Trinajstić information content (AvgIpc) is 1.82. The number of hydrogen-bond donors (Lipinski definition) is 0. The Kier molecular flexibility index (Phi) is 1.08. The van der Waals surface area contributed by atoms with Gasteiger partial charge >= 0.3 is 0 Å². The summed E-state index contributed by atoms with van der Waals surface area (Å²) in [5.74, 6) is 0. The fourth-order valence-electron chi connectivity index (χ4n) is 1.66. The summed E-state index contributed by atoms with van der Waals surface area (Å²) in [6, 6.07) is 0. The van der Waals surface area contributed by atoms with Gasteiger partial charge in [0.05, 0.1) is 13.2 Å². The molecule has 2 nitrogen and oxygen atoms in total. The molecule has 2 saturated heterocycles. The monoisotopic (exact) mass is 127 g/mol. The van der Waals surface area contributed by atoms with Crippen LogP contribution in [0.25, 0.3) is 0 Å². The van der Waals surface area contributed by atoms with Gasteiger partial charge in [0, 0.05) is 18.6 Å². The van der Waals surface area contributed by atoms with E-state index in [4.69, 9.17) is 4.74 Å². The van der Waals surface area contributed by atoms with E-state index in [2.05, 4.69) is 11.8 Å². The highest BCUT2D eigenvalue weighted by atomic mass is 16.5. The van der Waals surface area contributed by atoms with E-state index in [0.29, 0.717) is 5.54 Å². The molecule has 0 N–H and O–H groups in total. The Hall–Kier alpha value is -0.0800. The molecule has 1 atom stereocenters. The van der Waals surface area contributed by atoms with Crippen LogP contribution in [0, 0.1) is 0 Å². The van der Waals surface area contributed by atoms with Crippen molar-refractivity contribution in [3.05, 3.63) is 0 Å².